The highest BCUT2D eigenvalue weighted by atomic mass is 19.4. The van der Waals surface area contributed by atoms with Crippen molar-refractivity contribution in [1.29, 1.82) is 0 Å². The first-order valence-corrected chi connectivity index (χ1v) is 13.3. The largest absolute Gasteiger partial charge is 0.416 e. The van der Waals surface area contributed by atoms with Gasteiger partial charge in [-0.15, -0.1) is 0 Å². The first-order chi connectivity index (χ1) is 15.9. The number of alkyl halides is 3. The second-order valence-corrected chi connectivity index (χ2v) is 10.4. The number of halogens is 3. The molecule has 0 nitrogen and oxygen atoms in total. The lowest BCUT2D eigenvalue weighted by atomic mass is 9.75. The Morgan fingerprint density at radius 2 is 1.33 bits per heavy atom. The summed E-state index contributed by atoms with van der Waals surface area (Å²) in [6.45, 7) is 2.29. The van der Waals surface area contributed by atoms with Crippen molar-refractivity contribution in [3.8, 4) is 11.8 Å². The van der Waals surface area contributed by atoms with Crippen molar-refractivity contribution in [2.45, 2.75) is 103 Å². The summed E-state index contributed by atoms with van der Waals surface area (Å²) in [6, 6.07) is 5.06. The van der Waals surface area contributed by atoms with E-state index < -0.39 is 11.7 Å². The van der Waals surface area contributed by atoms with E-state index in [9.17, 15) is 13.2 Å². The van der Waals surface area contributed by atoms with Gasteiger partial charge in [0.2, 0.25) is 0 Å². The smallest absolute Gasteiger partial charge is 0.166 e. The van der Waals surface area contributed by atoms with Crippen LogP contribution in [0.5, 0.6) is 0 Å². The summed E-state index contributed by atoms with van der Waals surface area (Å²) in [5.74, 6) is 9.42. The molecule has 0 aliphatic heterocycles. The van der Waals surface area contributed by atoms with Gasteiger partial charge in [-0.3, -0.25) is 0 Å². The van der Waals surface area contributed by atoms with Gasteiger partial charge >= 0.3 is 6.18 Å². The molecule has 2 aliphatic rings. The fraction of sp³-hybridized carbons (Fsp3) is 0.667. The third-order valence-corrected chi connectivity index (χ3v) is 7.94. The summed E-state index contributed by atoms with van der Waals surface area (Å²) in [4.78, 5) is 0. The molecule has 182 valence electrons. The van der Waals surface area contributed by atoms with Crippen molar-refractivity contribution in [2.24, 2.45) is 23.7 Å². The average molecular weight is 459 g/mol. The quantitative estimate of drug-likeness (QED) is 0.269. The molecule has 1 aromatic rings. The Bertz CT molecular complexity index is 761. The zero-order chi connectivity index (χ0) is 23.5. The Morgan fingerprint density at radius 1 is 0.788 bits per heavy atom. The first kappa shape index (κ1) is 25.9. The maximum atomic E-state index is 12.6. The summed E-state index contributed by atoms with van der Waals surface area (Å²) < 4.78 is 37.9. The van der Waals surface area contributed by atoms with Crippen molar-refractivity contribution in [2.75, 3.05) is 0 Å². The van der Waals surface area contributed by atoms with Gasteiger partial charge in [-0.05, 0) is 79.7 Å². The summed E-state index contributed by atoms with van der Waals surface area (Å²) in [5.41, 5.74) is -0.0122. The van der Waals surface area contributed by atoms with Crippen LogP contribution in [0.25, 0.3) is 0 Å². The molecular formula is C30H41F3. The van der Waals surface area contributed by atoms with E-state index in [1.165, 1.54) is 102 Å². The third-order valence-electron chi connectivity index (χ3n) is 7.94. The maximum Gasteiger partial charge on any atom is 0.416 e. The van der Waals surface area contributed by atoms with Gasteiger partial charge in [0.1, 0.15) is 0 Å². The molecule has 0 amide bonds. The molecule has 0 aromatic heterocycles. The molecule has 0 spiro atoms. The van der Waals surface area contributed by atoms with E-state index in [4.69, 9.17) is 0 Å². The van der Waals surface area contributed by atoms with Gasteiger partial charge < -0.3 is 0 Å². The molecule has 0 bridgehead atoms. The third kappa shape index (κ3) is 9.23. The summed E-state index contributed by atoms with van der Waals surface area (Å²) in [7, 11) is 0. The minimum atomic E-state index is -4.29. The van der Waals surface area contributed by atoms with Gasteiger partial charge in [-0.25, -0.2) is 0 Å². The number of hydrogen-bond donors (Lipinski definition) is 0. The molecule has 1 aromatic carbocycles. The molecule has 3 rings (SSSR count). The Labute approximate surface area is 199 Å². The van der Waals surface area contributed by atoms with E-state index in [0.29, 0.717) is 11.5 Å². The van der Waals surface area contributed by atoms with Crippen molar-refractivity contribution in [1.82, 2.24) is 0 Å². The maximum absolute atomic E-state index is 12.6. The van der Waals surface area contributed by atoms with Crippen LogP contribution in [0.4, 0.5) is 13.2 Å². The fourth-order valence-electron chi connectivity index (χ4n) is 5.68. The van der Waals surface area contributed by atoms with Crippen LogP contribution in [0.15, 0.2) is 36.4 Å². The standard InChI is InChI=1S/C30H41F3/c1-2-3-4-7-24-10-14-27(15-11-24)18-19-28-16-12-25(13-17-28)8-5-6-9-26-20-22-29(23-21-26)30(31,32)33/h5,8,20-25,27-28H,2-4,7,10-19H2,1H3. The Morgan fingerprint density at radius 3 is 1.88 bits per heavy atom. The molecule has 2 saturated carbocycles. The van der Waals surface area contributed by atoms with Crippen molar-refractivity contribution in [3.63, 3.8) is 0 Å². The molecule has 3 heteroatoms. The predicted molar refractivity (Wildman–Crippen MR) is 132 cm³/mol. The summed E-state index contributed by atoms with van der Waals surface area (Å²) in [6.07, 6.45) is 19.3. The number of hydrogen-bond acceptors (Lipinski definition) is 0. The van der Waals surface area contributed by atoms with Crippen LogP contribution >= 0.6 is 0 Å². The molecular weight excluding hydrogens is 417 g/mol. The zero-order valence-electron chi connectivity index (χ0n) is 20.3. The number of benzene rings is 1. The average Bonchev–Trinajstić information content (AvgIpc) is 2.82. The van der Waals surface area contributed by atoms with Crippen LogP contribution in [-0.2, 0) is 6.18 Å². The van der Waals surface area contributed by atoms with E-state index in [1.807, 2.05) is 6.08 Å². The molecule has 0 N–H and O–H groups in total. The molecule has 0 unspecified atom stereocenters. The van der Waals surface area contributed by atoms with Gasteiger partial charge in [0.25, 0.3) is 0 Å². The number of rotatable bonds is 8. The minimum absolute atomic E-state index is 0.599. The second-order valence-electron chi connectivity index (χ2n) is 10.4. The topological polar surface area (TPSA) is 0 Å². The molecule has 2 fully saturated rings. The van der Waals surface area contributed by atoms with E-state index >= 15 is 0 Å². The summed E-state index contributed by atoms with van der Waals surface area (Å²) in [5, 5.41) is 0. The van der Waals surface area contributed by atoms with Crippen LogP contribution in [-0.4, -0.2) is 0 Å². The highest BCUT2D eigenvalue weighted by Crippen LogP contribution is 2.38. The van der Waals surface area contributed by atoms with Gasteiger partial charge in [0, 0.05) is 5.56 Å². The van der Waals surface area contributed by atoms with Crippen LogP contribution < -0.4 is 0 Å². The molecule has 0 radical (unpaired) electrons. The monoisotopic (exact) mass is 458 g/mol. The van der Waals surface area contributed by atoms with Crippen LogP contribution in [0.1, 0.15) is 108 Å². The summed E-state index contributed by atoms with van der Waals surface area (Å²) >= 11 is 0. The normalized spacial score (nSPS) is 26.2. The minimum Gasteiger partial charge on any atom is -0.166 e. The van der Waals surface area contributed by atoms with E-state index in [1.54, 1.807) is 0 Å². The predicted octanol–water partition coefficient (Wildman–Crippen LogP) is 9.59. The molecule has 33 heavy (non-hydrogen) atoms. The van der Waals surface area contributed by atoms with Crippen LogP contribution in [0.3, 0.4) is 0 Å². The SMILES string of the molecule is CCCCCC1CCC(CCC2CCC(C=CC#Cc3ccc(C(F)(F)F)cc3)CC2)CC1. The molecule has 0 heterocycles. The van der Waals surface area contributed by atoms with E-state index in [2.05, 4.69) is 24.8 Å². The molecule has 0 atom stereocenters. The Balaban J connectivity index is 1.30. The lowest BCUT2D eigenvalue weighted by Gasteiger charge is -2.31. The van der Waals surface area contributed by atoms with Crippen molar-refractivity contribution in [3.05, 3.63) is 47.5 Å². The van der Waals surface area contributed by atoms with Gasteiger partial charge in [0.15, 0.2) is 0 Å². The number of allylic oxidation sites excluding steroid dienone is 2. The molecule has 0 saturated heterocycles. The van der Waals surface area contributed by atoms with E-state index in [0.717, 1.165) is 29.9 Å². The lowest BCUT2D eigenvalue weighted by Crippen LogP contribution is -2.17. The van der Waals surface area contributed by atoms with Gasteiger partial charge in [-0.1, -0.05) is 89.0 Å². The van der Waals surface area contributed by atoms with Crippen molar-refractivity contribution < 1.29 is 13.2 Å². The van der Waals surface area contributed by atoms with E-state index in [-0.39, 0.29) is 0 Å². The lowest BCUT2D eigenvalue weighted by molar-refractivity contribution is -0.137. The fourth-order valence-corrected chi connectivity index (χ4v) is 5.68. The highest BCUT2D eigenvalue weighted by molar-refractivity contribution is 5.39. The first-order valence-electron chi connectivity index (χ1n) is 13.3. The highest BCUT2D eigenvalue weighted by Gasteiger charge is 2.29. The van der Waals surface area contributed by atoms with Gasteiger partial charge in [0.05, 0.1) is 5.56 Å². The second kappa shape index (κ2) is 13.3. The number of unbranched alkanes of at least 4 members (excludes halogenated alkanes) is 2. The Kier molecular flexibility index (Phi) is 10.4. The zero-order valence-corrected chi connectivity index (χ0v) is 20.3. The van der Waals surface area contributed by atoms with Crippen LogP contribution in [0.2, 0.25) is 0 Å². The Hall–Kier alpha value is -1.69. The van der Waals surface area contributed by atoms with Gasteiger partial charge in [-0.2, -0.15) is 13.2 Å². The van der Waals surface area contributed by atoms with Crippen LogP contribution in [0, 0.1) is 35.5 Å². The van der Waals surface area contributed by atoms with Crippen molar-refractivity contribution >= 4 is 0 Å². The molecule has 2 aliphatic carbocycles.